The number of aliphatic hydroxyl groups is 1. The van der Waals surface area contributed by atoms with Gasteiger partial charge in [-0.15, -0.1) is 13.2 Å². The zero-order valence-electron chi connectivity index (χ0n) is 21.6. The molecule has 0 aromatic heterocycles. The smallest absolute Gasteiger partial charge is 0.253 e. The molecule has 37 heavy (non-hydrogen) atoms. The maximum atomic E-state index is 14.4. The van der Waals surface area contributed by atoms with Gasteiger partial charge in [0.2, 0.25) is 11.8 Å². The van der Waals surface area contributed by atoms with Crippen molar-refractivity contribution in [2.75, 3.05) is 38.2 Å². The highest BCUT2D eigenvalue weighted by molar-refractivity contribution is 6.34. The van der Waals surface area contributed by atoms with Crippen molar-refractivity contribution in [2.45, 2.75) is 49.9 Å². The van der Waals surface area contributed by atoms with Crippen molar-refractivity contribution in [3.63, 3.8) is 0 Å². The van der Waals surface area contributed by atoms with Crippen molar-refractivity contribution in [3.8, 4) is 0 Å². The van der Waals surface area contributed by atoms with Crippen LogP contribution < -0.4 is 4.90 Å². The quantitative estimate of drug-likeness (QED) is 0.351. The molecule has 1 aromatic carbocycles. The number of carbonyl (C=O) groups excluding carboxylic acids is 3. The van der Waals surface area contributed by atoms with Crippen molar-refractivity contribution in [1.82, 2.24) is 9.80 Å². The Morgan fingerprint density at radius 2 is 1.89 bits per heavy atom. The average Bonchev–Trinajstić information content (AvgIpc) is 3.43. The van der Waals surface area contributed by atoms with Crippen LogP contribution in [0.2, 0.25) is 5.02 Å². The lowest BCUT2D eigenvalue weighted by molar-refractivity contribution is -0.149. The number of amides is 3. The molecule has 2 unspecified atom stereocenters. The van der Waals surface area contributed by atoms with Gasteiger partial charge in [0.1, 0.15) is 11.6 Å². The van der Waals surface area contributed by atoms with Crippen LogP contribution in [-0.2, 0) is 19.1 Å². The number of hydrogen-bond donors (Lipinski definition) is 1. The number of rotatable bonds is 11. The van der Waals surface area contributed by atoms with E-state index in [1.54, 1.807) is 58.2 Å². The number of likely N-dealkylation sites (N-methyl/N-ethyl adjacent to an activating group) is 1. The summed E-state index contributed by atoms with van der Waals surface area (Å²) in [6.45, 7) is 10.2. The number of likely N-dealkylation sites (tertiary alicyclic amines) is 1. The van der Waals surface area contributed by atoms with E-state index in [4.69, 9.17) is 16.3 Å². The van der Waals surface area contributed by atoms with Gasteiger partial charge in [-0.1, -0.05) is 35.9 Å². The second-order valence-electron chi connectivity index (χ2n) is 10.4. The summed E-state index contributed by atoms with van der Waals surface area (Å²) >= 11 is 6.49. The SMILES string of the molecule is C=CCN(C)C(=O)[C@@H]1[C@H]2C(=O)N(CCCCO)C(C(=O)N(CC=C)c3ccccc3Cl)C23CC[C@@]1(C)O3. The molecule has 3 saturated heterocycles. The Balaban J connectivity index is 1.80. The number of fused-ring (bicyclic) bond motifs is 1. The van der Waals surface area contributed by atoms with Crippen LogP contribution in [0.5, 0.6) is 0 Å². The minimum Gasteiger partial charge on any atom is -0.396 e. The van der Waals surface area contributed by atoms with Gasteiger partial charge in [-0.05, 0) is 44.7 Å². The maximum Gasteiger partial charge on any atom is 0.253 e. The van der Waals surface area contributed by atoms with Gasteiger partial charge < -0.3 is 24.5 Å². The van der Waals surface area contributed by atoms with E-state index in [0.29, 0.717) is 42.9 Å². The highest BCUT2D eigenvalue weighted by atomic mass is 35.5. The Labute approximate surface area is 223 Å². The fourth-order valence-corrected chi connectivity index (χ4v) is 6.73. The van der Waals surface area contributed by atoms with Gasteiger partial charge in [0.25, 0.3) is 5.91 Å². The molecule has 200 valence electrons. The molecule has 3 amide bonds. The predicted octanol–water partition coefficient (Wildman–Crippen LogP) is 3.04. The second kappa shape index (κ2) is 10.6. The van der Waals surface area contributed by atoms with E-state index in [9.17, 15) is 19.5 Å². The second-order valence-corrected chi connectivity index (χ2v) is 10.8. The number of ether oxygens (including phenoxy) is 1. The summed E-state index contributed by atoms with van der Waals surface area (Å²) in [7, 11) is 1.69. The molecule has 0 radical (unpaired) electrons. The molecule has 0 saturated carbocycles. The molecule has 3 fully saturated rings. The lowest BCUT2D eigenvalue weighted by atomic mass is 9.66. The van der Waals surface area contributed by atoms with Crippen LogP contribution in [0.25, 0.3) is 0 Å². The summed E-state index contributed by atoms with van der Waals surface area (Å²) in [5.41, 5.74) is -1.46. The molecule has 0 aliphatic carbocycles. The van der Waals surface area contributed by atoms with E-state index in [0.717, 1.165) is 0 Å². The minimum atomic E-state index is -1.13. The van der Waals surface area contributed by atoms with Crippen molar-refractivity contribution in [3.05, 3.63) is 54.6 Å². The number of benzene rings is 1. The highest BCUT2D eigenvalue weighted by Crippen LogP contribution is 2.63. The molecule has 3 aliphatic rings. The molecule has 9 heteroatoms. The van der Waals surface area contributed by atoms with Gasteiger partial charge in [-0.25, -0.2) is 0 Å². The first-order valence-corrected chi connectivity index (χ1v) is 13.2. The fraction of sp³-hybridized carbons (Fsp3) is 0.536. The largest absolute Gasteiger partial charge is 0.396 e. The summed E-state index contributed by atoms with van der Waals surface area (Å²) in [4.78, 5) is 46.8. The van der Waals surface area contributed by atoms with E-state index >= 15 is 0 Å². The predicted molar refractivity (Wildman–Crippen MR) is 142 cm³/mol. The topological polar surface area (TPSA) is 90.4 Å². The Kier molecular flexibility index (Phi) is 7.83. The molecular weight excluding hydrogens is 494 g/mol. The molecule has 1 N–H and O–H groups in total. The zero-order chi connectivity index (χ0) is 27.0. The summed E-state index contributed by atoms with van der Waals surface area (Å²) in [5.74, 6) is -2.22. The molecule has 1 spiro atoms. The minimum absolute atomic E-state index is 0.0144. The zero-order valence-corrected chi connectivity index (χ0v) is 22.3. The van der Waals surface area contributed by atoms with Gasteiger partial charge in [0.05, 0.1) is 28.1 Å². The van der Waals surface area contributed by atoms with Crippen molar-refractivity contribution < 1.29 is 24.2 Å². The molecule has 4 rings (SSSR count). The normalized spacial score (nSPS) is 29.8. The van der Waals surface area contributed by atoms with Crippen LogP contribution >= 0.6 is 11.6 Å². The van der Waals surface area contributed by atoms with Crippen LogP contribution in [0.4, 0.5) is 5.69 Å². The molecule has 3 heterocycles. The number of unbranched alkanes of at least 4 members (excludes halogenated alkanes) is 1. The number of hydrogen-bond acceptors (Lipinski definition) is 5. The van der Waals surface area contributed by atoms with Gasteiger partial charge >= 0.3 is 0 Å². The Morgan fingerprint density at radius 3 is 2.54 bits per heavy atom. The highest BCUT2D eigenvalue weighted by Gasteiger charge is 2.78. The number of halogens is 1. The first-order valence-electron chi connectivity index (χ1n) is 12.8. The number of carbonyl (C=O) groups is 3. The lowest BCUT2D eigenvalue weighted by Crippen LogP contribution is -2.56. The molecule has 1 aromatic rings. The van der Waals surface area contributed by atoms with E-state index < -0.39 is 29.1 Å². The molecule has 3 aliphatic heterocycles. The number of nitrogens with zero attached hydrogens (tertiary/aromatic N) is 3. The Morgan fingerprint density at radius 1 is 1.19 bits per heavy atom. The van der Waals surface area contributed by atoms with E-state index in [1.807, 2.05) is 6.92 Å². The van der Waals surface area contributed by atoms with Gasteiger partial charge in [-0.3, -0.25) is 14.4 Å². The molecule has 8 nitrogen and oxygen atoms in total. The summed E-state index contributed by atoms with van der Waals surface area (Å²) in [6.07, 6.45) is 5.34. The molecule has 2 bridgehead atoms. The van der Waals surface area contributed by atoms with Crippen LogP contribution in [0, 0.1) is 11.8 Å². The van der Waals surface area contributed by atoms with E-state index in [2.05, 4.69) is 13.2 Å². The van der Waals surface area contributed by atoms with Gasteiger partial charge in [-0.2, -0.15) is 0 Å². The van der Waals surface area contributed by atoms with Gasteiger partial charge in [0, 0.05) is 33.3 Å². The van der Waals surface area contributed by atoms with E-state index in [-0.39, 0.29) is 37.4 Å². The Bertz CT molecular complexity index is 1100. The monoisotopic (exact) mass is 529 g/mol. The van der Waals surface area contributed by atoms with E-state index in [1.165, 1.54) is 0 Å². The summed E-state index contributed by atoms with van der Waals surface area (Å²) in [5, 5.41) is 9.76. The van der Waals surface area contributed by atoms with Crippen molar-refractivity contribution in [2.24, 2.45) is 11.8 Å². The average molecular weight is 530 g/mol. The fourth-order valence-electron chi connectivity index (χ4n) is 6.49. The molecular formula is C28H36ClN3O5. The molecule has 5 atom stereocenters. The third-order valence-electron chi connectivity index (χ3n) is 8.08. The van der Waals surface area contributed by atoms with Crippen LogP contribution in [0.3, 0.4) is 0 Å². The van der Waals surface area contributed by atoms with Crippen LogP contribution in [-0.4, -0.2) is 83.2 Å². The Hall–Kier alpha value is -2.68. The number of anilines is 1. The third kappa shape index (κ3) is 4.39. The standard InChI is InChI=1S/C28H36ClN3O5/c1-5-15-30(4)24(34)21-22-25(35)32(17-9-10-18-33)23(28(22)14-13-27(21,3)37-28)26(36)31(16-6-2)20-12-8-7-11-19(20)29/h5-8,11-12,21-23,33H,1-2,9-10,13-18H2,3-4H3/t21-,22-,23?,27+,28?/m0/s1. The van der Waals surface area contributed by atoms with Crippen molar-refractivity contribution in [1.29, 1.82) is 0 Å². The van der Waals surface area contributed by atoms with Crippen LogP contribution in [0.15, 0.2) is 49.6 Å². The number of para-hydroxylation sites is 1. The maximum absolute atomic E-state index is 14.4. The summed E-state index contributed by atoms with van der Waals surface area (Å²) < 4.78 is 6.68. The van der Waals surface area contributed by atoms with Crippen LogP contribution in [0.1, 0.15) is 32.6 Å². The first kappa shape index (κ1) is 27.4. The van der Waals surface area contributed by atoms with Gasteiger partial charge in [0.15, 0.2) is 0 Å². The number of aliphatic hydroxyl groups excluding tert-OH is 1. The lowest BCUT2D eigenvalue weighted by Gasteiger charge is -2.37. The third-order valence-corrected chi connectivity index (χ3v) is 8.40. The summed E-state index contributed by atoms with van der Waals surface area (Å²) in [6, 6.07) is 6.13. The first-order chi connectivity index (χ1) is 17.7. The van der Waals surface area contributed by atoms with Crippen molar-refractivity contribution >= 4 is 35.0 Å².